The first-order chi connectivity index (χ1) is 19.1. The number of likely N-dealkylation sites (tertiary alicyclic amines) is 1. The Kier molecular flexibility index (Phi) is 7.64. The quantitative estimate of drug-likeness (QED) is 0.522. The molecule has 3 aromatic rings. The number of hydrogen-bond donors (Lipinski definition) is 1. The molecule has 2 aliphatic heterocycles. The molecule has 11 heteroatoms. The summed E-state index contributed by atoms with van der Waals surface area (Å²) >= 11 is 0. The molecule has 2 N–H and O–H groups in total. The molecule has 5 rings (SSSR count). The van der Waals surface area contributed by atoms with E-state index in [4.69, 9.17) is 5.73 Å². The molecule has 0 aliphatic carbocycles. The Morgan fingerprint density at radius 3 is 2.30 bits per heavy atom. The molecule has 210 valence electrons. The minimum absolute atomic E-state index is 0.0375. The minimum atomic E-state index is -4.56. The van der Waals surface area contributed by atoms with Gasteiger partial charge in [0.25, 0.3) is 5.91 Å². The van der Waals surface area contributed by atoms with Gasteiger partial charge in [0.15, 0.2) is 0 Å². The number of fused-ring (bicyclic) bond motifs is 1. The van der Waals surface area contributed by atoms with Crippen molar-refractivity contribution >= 4 is 34.3 Å². The van der Waals surface area contributed by atoms with Gasteiger partial charge in [0.2, 0.25) is 11.8 Å². The van der Waals surface area contributed by atoms with Crippen molar-refractivity contribution in [1.29, 1.82) is 0 Å². The largest absolute Gasteiger partial charge is 0.433 e. The highest BCUT2D eigenvalue weighted by Crippen LogP contribution is 2.35. The Morgan fingerprint density at radius 1 is 0.925 bits per heavy atom. The number of halogens is 3. The van der Waals surface area contributed by atoms with Gasteiger partial charge >= 0.3 is 6.18 Å². The van der Waals surface area contributed by atoms with Crippen LogP contribution in [0, 0.1) is 5.92 Å². The molecule has 0 spiro atoms. The monoisotopic (exact) mass is 553 g/mol. The summed E-state index contributed by atoms with van der Waals surface area (Å²) in [5.74, 6) is -0.989. The van der Waals surface area contributed by atoms with Crippen LogP contribution in [0.2, 0.25) is 0 Å². The van der Waals surface area contributed by atoms with Crippen LogP contribution in [-0.4, -0.2) is 71.8 Å². The number of carbonyl (C=O) groups excluding carboxylic acids is 3. The molecule has 2 aromatic carbocycles. The highest BCUT2D eigenvalue weighted by molar-refractivity contribution is 5.95. The number of primary amides is 1. The van der Waals surface area contributed by atoms with E-state index in [-0.39, 0.29) is 29.7 Å². The average Bonchev–Trinajstić information content (AvgIpc) is 2.95. The number of alkyl halides is 3. The number of nitrogens with two attached hydrogens (primary N) is 1. The van der Waals surface area contributed by atoms with Gasteiger partial charge in [-0.25, -0.2) is 4.98 Å². The van der Waals surface area contributed by atoms with Crippen LogP contribution >= 0.6 is 0 Å². The van der Waals surface area contributed by atoms with Crippen LogP contribution < -0.4 is 10.6 Å². The van der Waals surface area contributed by atoms with Crippen molar-refractivity contribution in [1.82, 2.24) is 14.8 Å². The van der Waals surface area contributed by atoms with Crippen molar-refractivity contribution in [2.45, 2.75) is 25.4 Å². The van der Waals surface area contributed by atoms with Crippen LogP contribution in [0.5, 0.6) is 0 Å². The summed E-state index contributed by atoms with van der Waals surface area (Å²) < 4.78 is 40.6. The first kappa shape index (κ1) is 27.4. The van der Waals surface area contributed by atoms with Gasteiger partial charge in [-0.05, 0) is 42.7 Å². The van der Waals surface area contributed by atoms with Crippen LogP contribution in [0.1, 0.15) is 34.5 Å². The van der Waals surface area contributed by atoms with E-state index in [0.717, 1.165) is 11.6 Å². The lowest BCUT2D eigenvalue weighted by atomic mass is 9.95. The summed E-state index contributed by atoms with van der Waals surface area (Å²) in [6, 6.07) is 14.6. The van der Waals surface area contributed by atoms with Gasteiger partial charge in [-0.15, -0.1) is 0 Å². The molecule has 3 amide bonds. The molecule has 0 saturated carbocycles. The van der Waals surface area contributed by atoms with Gasteiger partial charge in [-0.1, -0.05) is 30.3 Å². The fourth-order valence-corrected chi connectivity index (χ4v) is 5.50. The number of hydrogen-bond acceptors (Lipinski definition) is 5. The predicted molar refractivity (Wildman–Crippen MR) is 144 cm³/mol. The molecule has 0 bridgehead atoms. The zero-order chi connectivity index (χ0) is 28.4. The second-order valence-electron chi connectivity index (χ2n) is 10.3. The Bertz CT molecular complexity index is 1420. The summed E-state index contributed by atoms with van der Waals surface area (Å²) in [6.45, 7) is 2.40. The Labute approximate surface area is 229 Å². The molecule has 8 nitrogen and oxygen atoms in total. The summed E-state index contributed by atoms with van der Waals surface area (Å²) in [4.78, 5) is 46.7. The topological polar surface area (TPSA) is 99.8 Å². The number of piperidine rings is 1. The molecular formula is C29H30F3N5O3. The van der Waals surface area contributed by atoms with Crippen molar-refractivity contribution in [2.75, 3.05) is 44.2 Å². The normalized spacial score (nSPS) is 18.2. The van der Waals surface area contributed by atoms with E-state index in [0.29, 0.717) is 68.7 Å². The van der Waals surface area contributed by atoms with E-state index in [1.54, 1.807) is 58.3 Å². The lowest BCUT2D eigenvalue weighted by Crippen LogP contribution is -2.53. The number of para-hydroxylation sites is 1. The third kappa shape index (κ3) is 5.88. The molecule has 1 aromatic heterocycles. The number of nitrogens with zero attached hydrogens (tertiary/aromatic N) is 4. The Balaban J connectivity index is 1.23. The molecule has 40 heavy (non-hydrogen) atoms. The zero-order valence-corrected chi connectivity index (χ0v) is 21.9. The van der Waals surface area contributed by atoms with Crippen molar-refractivity contribution in [3.63, 3.8) is 0 Å². The Hall–Kier alpha value is -4.15. The molecule has 1 unspecified atom stereocenters. The highest BCUT2D eigenvalue weighted by atomic mass is 19.4. The highest BCUT2D eigenvalue weighted by Gasteiger charge is 2.36. The molecule has 2 saturated heterocycles. The number of pyridine rings is 1. The van der Waals surface area contributed by atoms with Crippen molar-refractivity contribution in [3.05, 3.63) is 71.4 Å². The number of amides is 3. The number of anilines is 1. The fourth-order valence-electron chi connectivity index (χ4n) is 5.50. The second kappa shape index (κ2) is 11.1. The minimum Gasteiger partial charge on any atom is -0.369 e. The zero-order valence-electron chi connectivity index (χ0n) is 21.9. The number of piperazine rings is 1. The van der Waals surface area contributed by atoms with Crippen molar-refractivity contribution in [2.24, 2.45) is 11.7 Å². The van der Waals surface area contributed by atoms with Gasteiger partial charge < -0.3 is 20.4 Å². The third-order valence-electron chi connectivity index (χ3n) is 7.55. The fraction of sp³-hybridized carbons (Fsp3) is 0.379. The number of aromatic nitrogens is 1. The molecule has 1 atom stereocenters. The van der Waals surface area contributed by atoms with Crippen LogP contribution in [0.3, 0.4) is 0 Å². The summed E-state index contributed by atoms with van der Waals surface area (Å²) in [7, 11) is 0. The number of carbonyl (C=O) groups is 3. The lowest BCUT2D eigenvalue weighted by molar-refractivity contribution is -0.141. The smallest absolute Gasteiger partial charge is 0.369 e. The van der Waals surface area contributed by atoms with Gasteiger partial charge in [0.1, 0.15) is 5.69 Å². The summed E-state index contributed by atoms with van der Waals surface area (Å²) in [6.07, 6.45) is -3.09. The molecule has 2 aliphatic rings. The second-order valence-corrected chi connectivity index (χ2v) is 10.3. The molecule has 0 radical (unpaired) electrons. The van der Waals surface area contributed by atoms with Crippen LogP contribution in [0.4, 0.5) is 18.9 Å². The van der Waals surface area contributed by atoms with Gasteiger partial charge in [-0.3, -0.25) is 14.4 Å². The van der Waals surface area contributed by atoms with Crippen molar-refractivity contribution < 1.29 is 27.6 Å². The maximum Gasteiger partial charge on any atom is 0.433 e. The van der Waals surface area contributed by atoms with Gasteiger partial charge in [0, 0.05) is 55.9 Å². The van der Waals surface area contributed by atoms with E-state index in [9.17, 15) is 27.6 Å². The standard InChI is InChI=1S/C29H30F3N5O3/c30-29(31,32)25-17-24(22-5-1-2-6-23(22)34-25)35-12-14-36(15-13-35)28(40)21-4-3-11-37(18-21)27(39)20-9-7-19(8-10-20)16-26(33)38/h1-2,5-10,17,21H,3-4,11-16,18H2,(H2,33,38). The molecule has 3 heterocycles. The maximum atomic E-state index is 13.5. The Morgan fingerprint density at radius 2 is 1.62 bits per heavy atom. The van der Waals surface area contributed by atoms with Gasteiger partial charge in [-0.2, -0.15) is 13.2 Å². The predicted octanol–water partition coefficient (Wildman–Crippen LogP) is 3.48. The third-order valence-corrected chi connectivity index (χ3v) is 7.55. The lowest BCUT2D eigenvalue weighted by Gasteiger charge is -2.40. The number of benzene rings is 2. The SMILES string of the molecule is NC(=O)Cc1ccc(C(=O)N2CCCC(C(=O)N3CCN(c4cc(C(F)(F)F)nc5ccccc45)CC3)C2)cc1. The first-order valence-corrected chi connectivity index (χ1v) is 13.3. The molecule has 2 fully saturated rings. The van der Waals surface area contributed by atoms with E-state index in [2.05, 4.69) is 4.98 Å². The summed E-state index contributed by atoms with van der Waals surface area (Å²) in [5, 5.41) is 0.638. The molecular weight excluding hydrogens is 523 g/mol. The average molecular weight is 554 g/mol. The van der Waals surface area contributed by atoms with Crippen LogP contribution in [0.25, 0.3) is 10.9 Å². The van der Waals surface area contributed by atoms with E-state index in [1.807, 2.05) is 4.90 Å². The van der Waals surface area contributed by atoms with E-state index in [1.165, 1.54) is 0 Å². The van der Waals surface area contributed by atoms with Crippen molar-refractivity contribution in [3.8, 4) is 0 Å². The maximum absolute atomic E-state index is 13.5. The van der Waals surface area contributed by atoms with Crippen LogP contribution in [0.15, 0.2) is 54.6 Å². The van der Waals surface area contributed by atoms with Gasteiger partial charge in [0.05, 0.1) is 17.9 Å². The number of rotatable bonds is 5. The van der Waals surface area contributed by atoms with E-state index >= 15 is 0 Å². The summed E-state index contributed by atoms with van der Waals surface area (Å²) in [5.41, 5.74) is 6.24. The first-order valence-electron chi connectivity index (χ1n) is 13.3. The van der Waals surface area contributed by atoms with E-state index < -0.39 is 17.8 Å². The van der Waals surface area contributed by atoms with Crippen LogP contribution in [-0.2, 0) is 22.2 Å².